The first kappa shape index (κ1) is 17.9. The number of fused-ring (bicyclic) bond motifs is 2. The molecule has 0 atom stereocenters. The number of thiazole rings is 1. The number of aromatic nitrogens is 4. The summed E-state index contributed by atoms with van der Waals surface area (Å²) in [6.45, 7) is 2.96. The minimum Gasteiger partial charge on any atom is -0.352 e. The van der Waals surface area contributed by atoms with Crippen molar-refractivity contribution in [2.45, 2.75) is 26.3 Å². The van der Waals surface area contributed by atoms with Gasteiger partial charge in [0.2, 0.25) is 0 Å². The lowest BCUT2D eigenvalue weighted by Gasteiger charge is -2.06. The normalized spacial score (nSPS) is 11.5. The maximum atomic E-state index is 14.0. The quantitative estimate of drug-likeness (QED) is 0.384. The summed E-state index contributed by atoms with van der Waals surface area (Å²) in [5.41, 5.74) is 4.36. The van der Waals surface area contributed by atoms with Crippen LogP contribution in [0.15, 0.2) is 60.9 Å². The largest absolute Gasteiger partial charge is 0.352 e. The summed E-state index contributed by atoms with van der Waals surface area (Å²) < 4.78 is 17.4. The highest BCUT2D eigenvalue weighted by Gasteiger charge is 2.15. The van der Waals surface area contributed by atoms with Crippen LogP contribution in [0.5, 0.6) is 0 Å². The van der Waals surface area contributed by atoms with E-state index in [1.54, 1.807) is 29.5 Å². The Labute approximate surface area is 172 Å². The maximum Gasteiger partial charge on any atom is 0.163 e. The number of hydrogen-bond donors (Lipinski definition) is 0. The van der Waals surface area contributed by atoms with Crippen LogP contribution < -0.4 is 0 Å². The molecule has 0 saturated carbocycles. The van der Waals surface area contributed by atoms with Gasteiger partial charge in [-0.05, 0) is 42.3 Å². The molecule has 29 heavy (non-hydrogen) atoms. The summed E-state index contributed by atoms with van der Waals surface area (Å²) in [5, 5.41) is 1.13. The minimum atomic E-state index is -0.308. The van der Waals surface area contributed by atoms with Gasteiger partial charge in [-0.15, -0.1) is 11.3 Å². The third-order valence-electron chi connectivity index (χ3n) is 5.03. The first-order valence-electron chi connectivity index (χ1n) is 9.66. The van der Waals surface area contributed by atoms with Crippen LogP contribution in [0.25, 0.3) is 33.0 Å². The zero-order valence-electron chi connectivity index (χ0n) is 16.0. The molecular weight excluding hydrogens is 383 g/mol. The van der Waals surface area contributed by atoms with Gasteiger partial charge >= 0.3 is 0 Å². The fourth-order valence-electron chi connectivity index (χ4n) is 3.43. The fraction of sp³-hybridized carbons (Fsp3) is 0.174. The SMILES string of the molecule is CCc1ccc2sc(CCn3ccc4nc(-c5ccccc5F)nc-4c3)nc2c1. The molecule has 0 unspecified atom stereocenters. The topological polar surface area (TPSA) is 43.6 Å². The van der Waals surface area contributed by atoms with E-state index in [9.17, 15) is 4.39 Å². The van der Waals surface area contributed by atoms with Gasteiger partial charge < -0.3 is 4.57 Å². The Morgan fingerprint density at radius 3 is 2.72 bits per heavy atom. The van der Waals surface area contributed by atoms with Crippen molar-refractivity contribution in [1.29, 1.82) is 0 Å². The number of benzene rings is 2. The van der Waals surface area contributed by atoms with E-state index in [-0.39, 0.29) is 5.82 Å². The number of hydrogen-bond acceptors (Lipinski definition) is 4. The number of halogens is 1. The molecule has 5 rings (SSSR count). The van der Waals surface area contributed by atoms with Crippen LogP contribution in [0.1, 0.15) is 17.5 Å². The fourth-order valence-corrected chi connectivity index (χ4v) is 4.36. The van der Waals surface area contributed by atoms with Crippen LogP contribution in [-0.4, -0.2) is 19.5 Å². The summed E-state index contributed by atoms with van der Waals surface area (Å²) in [7, 11) is 0. The highest BCUT2D eigenvalue weighted by Crippen LogP contribution is 2.27. The van der Waals surface area contributed by atoms with E-state index in [2.05, 4.69) is 39.7 Å². The monoisotopic (exact) mass is 402 g/mol. The molecule has 2 aliphatic rings. The van der Waals surface area contributed by atoms with Gasteiger partial charge in [-0.1, -0.05) is 25.1 Å². The molecule has 0 fully saturated rings. The van der Waals surface area contributed by atoms with E-state index < -0.39 is 0 Å². The van der Waals surface area contributed by atoms with Gasteiger partial charge in [0.1, 0.15) is 11.5 Å². The van der Waals surface area contributed by atoms with Crippen molar-refractivity contribution in [2.24, 2.45) is 0 Å². The summed E-state index contributed by atoms with van der Waals surface area (Å²) in [5.74, 6) is 0.117. The van der Waals surface area contributed by atoms with Crippen LogP contribution in [0, 0.1) is 5.82 Å². The van der Waals surface area contributed by atoms with Crippen molar-refractivity contribution in [2.75, 3.05) is 0 Å². The van der Waals surface area contributed by atoms with Gasteiger partial charge in [-0.25, -0.2) is 19.3 Å². The van der Waals surface area contributed by atoms with Crippen LogP contribution in [0.4, 0.5) is 4.39 Å². The molecule has 6 heteroatoms. The van der Waals surface area contributed by atoms with E-state index in [1.165, 1.54) is 16.3 Å². The number of imidazole rings is 1. The Morgan fingerprint density at radius 2 is 1.86 bits per heavy atom. The van der Waals surface area contributed by atoms with Gasteiger partial charge in [0.25, 0.3) is 0 Å². The first-order valence-corrected chi connectivity index (χ1v) is 10.5. The van der Waals surface area contributed by atoms with Crippen LogP contribution >= 0.6 is 11.3 Å². The van der Waals surface area contributed by atoms with Crippen molar-refractivity contribution in [3.05, 3.63) is 77.3 Å². The van der Waals surface area contributed by atoms with E-state index in [0.29, 0.717) is 11.4 Å². The standard InChI is InChI=1S/C23H19FN4S/c1-2-15-7-8-21-19(13-15)25-22(29-21)10-12-28-11-9-18-20(14-28)27-23(26-18)16-5-3-4-6-17(16)24/h3-9,11,13-14H,2,10,12H2,1H3. The average molecular weight is 402 g/mol. The minimum absolute atomic E-state index is 0.308. The van der Waals surface area contributed by atoms with E-state index >= 15 is 0 Å². The van der Waals surface area contributed by atoms with E-state index in [4.69, 9.17) is 4.98 Å². The predicted molar refractivity (Wildman–Crippen MR) is 115 cm³/mol. The van der Waals surface area contributed by atoms with Gasteiger partial charge in [0, 0.05) is 25.4 Å². The molecular formula is C23H19FN4S. The lowest BCUT2D eigenvalue weighted by Crippen LogP contribution is -2.02. The van der Waals surface area contributed by atoms with Crippen LogP contribution in [0.3, 0.4) is 0 Å². The number of nitrogens with zero attached hydrogens (tertiary/aromatic N) is 4. The van der Waals surface area contributed by atoms with Crippen LogP contribution in [-0.2, 0) is 19.4 Å². The Bertz CT molecular complexity index is 1270. The summed E-state index contributed by atoms with van der Waals surface area (Å²) >= 11 is 1.75. The molecule has 0 saturated heterocycles. The van der Waals surface area contributed by atoms with Gasteiger partial charge in [-0.2, -0.15) is 0 Å². The lowest BCUT2D eigenvalue weighted by molar-refractivity contribution is 0.630. The summed E-state index contributed by atoms with van der Waals surface area (Å²) in [6.07, 6.45) is 5.83. The maximum absolute atomic E-state index is 14.0. The number of pyridine rings is 1. The van der Waals surface area contributed by atoms with Crippen LogP contribution in [0.2, 0.25) is 0 Å². The molecule has 1 aromatic heterocycles. The van der Waals surface area contributed by atoms with Crippen molar-refractivity contribution < 1.29 is 4.39 Å². The molecule has 3 aromatic rings. The third-order valence-corrected chi connectivity index (χ3v) is 6.13. The third kappa shape index (κ3) is 3.51. The molecule has 2 aliphatic heterocycles. The molecule has 0 spiro atoms. The van der Waals surface area contributed by atoms with E-state index in [0.717, 1.165) is 41.3 Å². The Hall–Kier alpha value is -3.12. The highest BCUT2D eigenvalue weighted by atomic mass is 32.1. The molecule has 0 amide bonds. The second-order valence-electron chi connectivity index (χ2n) is 6.99. The summed E-state index contributed by atoms with van der Waals surface area (Å²) in [6, 6.07) is 15.0. The molecule has 144 valence electrons. The molecule has 0 radical (unpaired) electrons. The molecule has 0 bridgehead atoms. The zero-order chi connectivity index (χ0) is 19.8. The highest BCUT2D eigenvalue weighted by molar-refractivity contribution is 7.18. The van der Waals surface area contributed by atoms with Crippen molar-refractivity contribution >= 4 is 21.6 Å². The Kier molecular flexibility index (Phi) is 4.56. The van der Waals surface area contributed by atoms with Gasteiger partial charge in [0.15, 0.2) is 5.82 Å². The Morgan fingerprint density at radius 1 is 1.00 bits per heavy atom. The smallest absolute Gasteiger partial charge is 0.163 e. The number of aryl methyl sites for hydroxylation is 3. The van der Waals surface area contributed by atoms with Gasteiger partial charge in [-0.3, -0.25) is 0 Å². The molecule has 3 heterocycles. The van der Waals surface area contributed by atoms with Crippen molar-refractivity contribution in [3.8, 4) is 22.8 Å². The molecule has 2 aromatic carbocycles. The lowest BCUT2D eigenvalue weighted by atomic mass is 10.2. The molecule has 4 nitrogen and oxygen atoms in total. The molecule has 0 N–H and O–H groups in total. The van der Waals surface area contributed by atoms with Gasteiger partial charge in [0.05, 0.1) is 26.5 Å². The van der Waals surface area contributed by atoms with Crippen molar-refractivity contribution in [1.82, 2.24) is 19.5 Å². The second-order valence-corrected chi connectivity index (χ2v) is 8.11. The first-order chi connectivity index (χ1) is 14.2. The second kappa shape index (κ2) is 7.37. The Balaban J connectivity index is 1.37. The zero-order valence-corrected chi connectivity index (χ0v) is 16.8. The molecule has 0 aliphatic carbocycles. The predicted octanol–water partition coefficient (Wildman–Crippen LogP) is 5.60. The van der Waals surface area contributed by atoms with Crippen molar-refractivity contribution in [3.63, 3.8) is 0 Å². The number of rotatable bonds is 5. The average Bonchev–Trinajstić information content (AvgIpc) is 3.35. The summed E-state index contributed by atoms with van der Waals surface area (Å²) in [4.78, 5) is 13.8. The van der Waals surface area contributed by atoms with E-state index in [1.807, 2.05) is 18.5 Å².